The van der Waals surface area contributed by atoms with Crippen LogP contribution < -0.4 is 15.4 Å². The summed E-state index contributed by atoms with van der Waals surface area (Å²) in [6.45, 7) is 1.97. The molecule has 1 aromatic carbocycles. The third-order valence-corrected chi connectivity index (χ3v) is 4.32. The van der Waals surface area contributed by atoms with Gasteiger partial charge in [0, 0.05) is 24.2 Å². The Hall–Kier alpha value is -2.83. The van der Waals surface area contributed by atoms with Crippen molar-refractivity contribution < 1.29 is 18.8 Å². The van der Waals surface area contributed by atoms with E-state index in [1.165, 1.54) is 0 Å². The monoisotopic (exact) mass is 357 g/mol. The van der Waals surface area contributed by atoms with Gasteiger partial charge in [-0.15, -0.1) is 0 Å². The highest BCUT2D eigenvalue weighted by Gasteiger charge is 2.20. The number of aromatic nitrogens is 1. The van der Waals surface area contributed by atoms with Crippen molar-refractivity contribution in [3.8, 4) is 5.75 Å². The molecule has 1 aliphatic rings. The molecule has 0 saturated heterocycles. The predicted molar refractivity (Wildman–Crippen MR) is 95.9 cm³/mol. The van der Waals surface area contributed by atoms with Crippen LogP contribution >= 0.6 is 0 Å². The van der Waals surface area contributed by atoms with Crippen LogP contribution in [0.5, 0.6) is 5.75 Å². The first-order chi connectivity index (χ1) is 12.6. The average molecular weight is 357 g/mol. The first kappa shape index (κ1) is 18.0. The molecule has 26 heavy (non-hydrogen) atoms. The Morgan fingerprint density at radius 2 is 1.96 bits per heavy atom. The second kappa shape index (κ2) is 8.51. The van der Waals surface area contributed by atoms with Crippen molar-refractivity contribution in [3.05, 3.63) is 41.8 Å². The molecule has 7 nitrogen and oxygen atoms in total. The highest BCUT2D eigenvalue weighted by molar-refractivity contribution is 5.92. The standard InChI is InChI=1S/C19H23N3O4/c1-2-18(23)20-14-7-9-15(10-8-14)25-12-16-11-17(22-26-16)19(24)21-13-5-3-4-6-13/h7-11,13H,2-6,12H2,1H3,(H,20,23)(H,21,24). The Morgan fingerprint density at radius 3 is 2.65 bits per heavy atom. The molecular weight excluding hydrogens is 334 g/mol. The van der Waals surface area contributed by atoms with Gasteiger partial charge in [-0.2, -0.15) is 0 Å². The van der Waals surface area contributed by atoms with Crippen molar-refractivity contribution in [1.82, 2.24) is 10.5 Å². The summed E-state index contributed by atoms with van der Waals surface area (Å²) in [7, 11) is 0. The Bertz CT molecular complexity index is 748. The number of nitrogens with one attached hydrogen (secondary N) is 2. The van der Waals surface area contributed by atoms with Gasteiger partial charge in [-0.25, -0.2) is 0 Å². The summed E-state index contributed by atoms with van der Waals surface area (Å²) in [4.78, 5) is 23.5. The molecule has 7 heteroatoms. The van der Waals surface area contributed by atoms with Gasteiger partial charge < -0.3 is 19.9 Å². The SMILES string of the molecule is CCC(=O)Nc1ccc(OCc2cc(C(=O)NC3CCCC3)no2)cc1. The Kier molecular flexibility index (Phi) is 5.88. The Balaban J connectivity index is 1.49. The van der Waals surface area contributed by atoms with Gasteiger partial charge in [0.1, 0.15) is 12.4 Å². The fraction of sp³-hybridized carbons (Fsp3) is 0.421. The predicted octanol–water partition coefficient (Wildman–Crippen LogP) is 3.27. The molecular formula is C19H23N3O4. The lowest BCUT2D eigenvalue weighted by Crippen LogP contribution is -2.32. The van der Waals surface area contributed by atoms with E-state index < -0.39 is 0 Å². The molecule has 1 heterocycles. The fourth-order valence-electron chi connectivity index (χ4n) is 2.86. The van der Waals surface area contributed by atoms with Crippen LogP contribution in [0.2, 0.25) is 0 Å². The van der Waals surface area contributed by atoms with E-state index in [9.17, 15) is 9.59 Å². The third kappa shape index (κ3) is 4.84. The summed E-state index contributed by atoms with van der Waals surface area (Å²) in [6.07, 6.45) is 4.79. The molecule has 0 aliphatic heterocycles. The van der Waals surface area contributed by atoms with Gasteiger partial charge >= 0.3 is 0 Å². The molecule has 0 radical (unpaired) electrons. The van der Waals surface area contributed by atoms with Crippen molar-refractivity contribution in [3.63, 3.8) is 0 Å². The van der Waals surface area contributed by atoms with Gasteiger partial charge in [-0.3, -0.25) is 9.59 Å². The lowest BCUT2D eigenvalue weighted by atomic mass is 10.2. The van der Waals surface area contributed by atoms with Crippen LogP contribution in [0.1, 0.15) is 55.3 Å². The number of ether oxygens (including phenoxy) is 1. The molecule has 0 spiro atoms. The zero-order valence-electron chi connectivity index (χ0n) is 14.8. The van der Waals surface area contributed by atoms with Gasteiger partial charge in [-0.05, 0) is 37.1 Å². The zero-order valence-corrected chi connectivity index (χ0v) is 14.8. The first-order valence-electron chi connectivity index (χ1n) is 8.93. The number of rotatable bonds is 7. The largest absolute Gasteiger partial charge is 0.486 e. The maximum absolute atomic E-state index is 12.1. The normalized spacial score (nSPS) is 14.2. The second-order valence-electron chi connectivity index (χ2n) is 6.35. The van der Waals surface area contributed by atoms with Crippen LogP contribution in [0, 0.1) is 0 Å². The Labute approximate surface area is 152 Å². The fourth-order valence-corrected chi connectivity index (χ4v) is 2.86. The molecule has 3 rings (SSSR count). The Morgan fingerprint density at radius 1 is 1.23 bits per heavy atom. The summed E-state index contributed by atoms with van der Waals surface area (Å²) in [5.41, 5.74) is 0.989. The first-order valence-corrected chi connectivity index (χ1v) is 8.93. The number of anilines is 1. The van der Waals surface area contributed by atoms with Crippen LogP contribution in [0.25, 0.3) is 0 Å². The minimum atomic E-state index is -0.206. The van der Waals surface area contributed by atoms with Gasteiger partial charge in [0.25, 0.3) is 5.91 Å². The van der Waals surface area contributed by atoms with Gasteiger partial charge in [0.05, 0.1) is 0 Å². The lowest BCUT2D eigenvalue weighted by Gasteiger charge is -2.09. The van der Waals surface area contributed by atoms with Crippen molar-refractivity contribution >= 4 is 17.5 Å². The average Bonchev–Trinajstić information content (AvgIpc) is 3.33. The van der Waals surface area contributed by atoms with E-state index in [2.05, 4.69) is 15.8 Å². The van der Waals surface area contributed by atoms with Crippen LogP contribution in [0.3, 0.4) is 0 Å². The molecule has 2 aromatic rings. The van der Waals surface area contributed by atoms with Gasteiger partial charge in [-0.1, -0.05) is 24.9 Å². The number of hydrogen-bond acceptors (Lipinski definition) is 5. The summed E-state index contributed by atoms with van der Waals surface area (Å²) in [5.74, 6) is 0.865. The summed E-state index contributed by atoms with van der Waals surface area (Å²) in [5, 5.41) is 9.55. The molecule has 0 unspecified atom stereocenters. The van der Waals surface area contributed by atoms with E-state index in [1.807, 2.05) is 0 Å². The quantitative estimate of drug-likeness (QED) is 0.793. The van der Waals surface area contributed by atoms with Crippen molar-refractivity contribution in [2.45, 2.75) is 51.7 Å². The lowest BCUT2D eigenvalue weighted by molar-refractivity contribution is -0.115. The highest BCUT2D eigenvalue weighted by atomic mass is 16.5. The molecule has 0 atom stereocenters. The van der Waals surface area contributed by atoms with E-state index in [1.54, 1.807) is 37.3 Å². The smallest absolute Gasteiger partial charge is 0.273 e. The summed E-state index contributed by atoms with van der Waals surface area (Å²) < 4.78 is 10.8. The number of benzene rings is 1. The molecule has 2 amide bonds. The van der Waals surface area contributed by atoms with Crippen molar-refractivity contribution in [2.75, 3.05) is 5.32 Å². The zero-order chi connectivity index (χ0) is 18.4. The highest BCUT2D eigenvalue weighted by Crippen LogP contribution is 2.19. The third-order valence-electron chi connectivity index (χ3n) is 4.32. The number of amides is 2. The van der Waals surface area contributed by atoms with Crippen LogP contribution in [-0.2, 0) is 11.4 Å². The molecule has 1 aromatic heterocycles. The van der Waals surface area contributed by atoms with E-state index in [4.69, 9.17) is 9.26 Å². The van der Waals surface area contributed by atoms with Gasteiger partial charge in [0.15, 0.2) is 11.5 Å². The molecule has 138 valence electrons. The molecule has 1 fully saturated rings. The molecule has 0 bridgehead atoms. The molecule has 1 aliphatic carbocycles. The summed E-state index contributed by atoms with van der Waals surface area (Å²) in [6, 6.07) is 8.89. The van der Waals surface area contributed by atoms with Crippen LogP contribution in [0.4, 0.5) is 5.69 Å². The van der Waals surface area contributed by atoms with Crippen molar-refractivity contribution in [1.29, 1.82) is 0 Å². The topological polar surface area (TPSA) is 93.5 Å². The van der Waals surface area contributed by atoms with E-state index in [0.717, 1.165) is 31.4 Å². The minimum absolute atomic E-state index is 0.0382. The van der Waals surface area contributed by atoms with E-state index in [-0.39, 0.29) is 30.2 Å². The van der Waals surface area contributed by atoms with Crippen LogP contribution in [-0.4, -0.2) is 23.0 Å². The van der Waals surface area contributed by atoms with E-state index >= 15 is 0 Å². The number of carbonyl (C=O) groups excluding carboxylic acids is 2. The summed E-state index contributed by atoms with van der Waals surface area (Å²) >= 11 is 0. The molecule has 1 saturated carbocycles. The number of hydrogen-bond donors (Lipinski definition) is 2. The van der Waals surface area contributed by atoms with E-state index in [0.29, 0.717) is 17.9 Å². The number of nitrogens with zero attached hydrogens (tertiary/aromatic N) is 1. The van der Waals surface area contributed by atoms with Crippen molar-refractivity contribution in [2.24, 2.45) is 0 Å². The second-order valence-corrected chi connectivity index (χ2v) is 6.35. The van der Waals surface area contributed by atoms with Crippen LogP contribution in [0.15, 0.2) is 34.9 Å². The van der Waals surface area contributed by atoms with Gasteiger partial charge in [0.2, 0.25) is 5.91 Å². The number of carbonyl (C=O) groups is 2. The maximum atomic E-state index is 12.1. The maximum Gasteiger partial charge on any atom is 0.273 e. The molecule has 2 N–H and O–H groups in total. The minimum Gasteiger partial charge on any atom is -0.486 e.